The predicted octanol–water partition coefficient (Wildman–Crippen LogP) is 0.276. The zero-order chi connectivity index (χ0) is 10.0. The highest BCUT2D eigenvalue weighted by Crippen LogP contribution is 2.21. The minimum Gasteiger partial charge on any atom is -0.393 e. The Morgan fingerprint density at radius 1 is 1.46 bits per heavy atom. The number of carbonyl (C=O) groups is 1. The summed E-state index contributed by atoms with van der Waals surface area (Å²) < 4.78 is 0. The minimum atomic E-state index is -0.719. The number of benzene rings is 1. The van der Waals surface area contributed by atoms with Gasteiger partial charge in [0.05, 0.1) is 4.92 Å². The molecule has 0 aliphatic rings. The number of nitrogens with zero attached hydrogens (tertiary/aromatic N) is 1. The third-order valence-electron chi connectivity index (χ3n) is 1.51. The van der Waals surface area contributed by atoms with E-state index in [4.69, 9.17) is 11.5 Å². The second kappa shape index (κ2) is 3.10. The van der Waals surface area contributed by atoms with Gasteiger partial charge in [0.25, 0.3) is 5.69 Å². The summed E-state index contributed by atoms with van der Waals surface area (Å²) in [5.41, 5.74) is 10.00. The highest BCUT2D eigenvalue weighted by Gasteiger charge is 2.13. The van der Waals surface area contributed by atoms with Crippen molar-refractivity contribution in [1.29, 1.82) is 0 Å². The number of rotatable bonds is 2. The molecule has 68 valence electrons. The fourth-order valence-electron chi connectivity index (χ4n) is 0.855. The van der Waals surface area contributed by atoms with Gasteiger partial charge in [-0.3, -0.25) is 14.9 Å². The number of nitrogens with two attached hydrogens (primary N) is 2. The van der Waals surface area contributed by atoms with E-state index in [1.165, 1.54) is 12.1 Å². The lowest BCUT2D eigenvalue weighted by molar-refractivity contribution is -0.383. The van der Waals surface area contributed by atoms with Crippen molar-refractivity contribution in [3.05, 3.63) is 33.9 Å². The lowest BCUT2D eigenvalue weighted by Gasteiger charge is -1.98. The molecule has 0 aromatic heterocycles. The molecule has 1 aromatic carbocycles. The van der Waals surface area contributed by atoms with Crippen LogP contribution in [0.3, 0.4) is 0 Å². The van der Waals surface area contributed by atoms with Gasteiger partial charge in [-0.05, 0) is 12.1 Å². The molecule has 0 aliphatic heterocycles. The van der Waals surface area contributed by atoms with Crippen LogP contribution < -0.4 is 11.5 Å². The Morgan fingerprint density at radius 2 is 2.08 bits per heavy atom. The SMILES string of the molecule is NC(=O)c1ccc(N)c([N+](=O)[O-])c1. The molecular formula is C7H7N3O3. The van der Waals surface area contributed by atoms with Crippen LogP contribution in [0.5, 0.6) is 0 Å². The van der Waals surface area contributed by atoms with Crippen molar-refractivity contribution < 1.29 is 9.72 Å². The maximum absolute atomic E-state index is 10.6. The highest BCUT2D eigenvalue weighted by molar-refractivity contribution is 5.94. The van der Waals surface area contributed by atoms with Crippen molar-refractivity contribution >= 4 is 17.3 Å². The second-order valence-electron chi connectivity index (χ2n) is 2.39. The summed E-state index contributed by atoms with van der Waals surface area (Å²) >= 11 is 0. The fourth-order valence-corrected chi connectivity index (χ4v) is 0.855. The summed E-state index contributed by atoms with van der Waals surface area (Å²) in [7, 11) is 0. The van der Waals surface area contributed by atoms with Crippen molar-refractivity contribution in [3.8, 4) is 0 Å². The first-order valence-corrected chi connectivity index (χ1v) is 3.36. The third kappa shape index (κ3) is 1.73. The van der Waals surface area contributed by atoms with Crippen LogP contribution in [0.4, 0.5) is 11.4 Å². The number of nitro groups is 1. The smallest absolute Gasteiger partial charge is 0.292 e. The van der Waals surface area contributed by atoms with Crippen LogP contribution in [-0.2, 0) is 0 Å². The van der Waals surface area contributed by atoms with Crippen LogP contribution in [-0.4, -0.2) is 10.8 Å². The van der Waals surface area contributed by atoms with Crippen molar-refractivity contribution in [2.24, 2.45) is 5.73 Å². The summed E-state index contributed by atoms with van der Waals surface area (Å²) in [5.74, 6) is -0.719. The van der Waals surface area contributed by atoms with Crippen LogP contribution in [0.2, 0.25) is 0 Å². The summed E-state index contributed by atoms with van der Waals surface area (Å²) in [6, 6.07) is 3.67. The zero-order valence-electron chi connectivity index (χ0n) is 6.56. The summed E-state index contributed by atoms with van der Waals surface area (Å²) in [5, 5.41) is 10.4. The van der Waals surface area contributed by atoms with Gasteiger partial charge >= 0.3 is 0 Å². The molecule has 13 heavy (non-hydrogen) atoms. The Bertz CT molecular complexity index is 375. The monoisotopic (exact) mass is 181 g/mol. The molecule has 0 saturated carbocycles. The maximum atomic E-state index is 10.6. The van der Waals surface area contributed by atoms with E-state index in [-0.39, 0.29) is 16.9 Å². The molecule has 0 heterocycles. The predicted molar refractivity (Wildman–Crippen MR) is 46.0 cm³/mol. The van der Waals surface area contributed by atoms with Gasteiger partial charge in [-0.25, -0.2) is 0 Å². The zero-order valence-corrected chi connectivity index (χ0v) is 6.56. The first-order valence-electron chi connectivity index (χ1n) is 3.36. The molecule has 0 unspecified atom stereocenters. The van der Waals surface area contributed by atoms with E-state index in [0.717, 1.165) is 6.07 Å². The van der Waals surface area contributed by atoms with Crippen molar-refractivity contribution in [2.45, 2.75) is 0 Å². The fraction of sp³-hybridized carbons (Fsp3) is 0. The Kier molecular flexibility index (Phi) is 2.14. The van der Waals surface area contributed by atoms with E-state index in [1.807, 2.05) is 0 Å². The number of carbonyl (C=O) groups excluding carboxylic acids is 1. The van der Waals surface area contributed by atoms with Gasteiger partial charge in [0.2, 0.25) is 5.91 Å². The Morgan fingerprint density at radius 3 is 2.54 bits per heavy atom. The maximum Gasteiger partial charge on any atom is 0.292 e. The van der Waals surface area contributed by atoms with Crippen molar-refractivity contribution in [2.75, 3.05) is 5.73 Å². The summed E-state index contributed by atoms with van der Waals surface area (Å²) in [6.07, 6.45) is 0. The van der Waals surface area contributed by atoms with E-state index in [2.05, 4.69) is 0 Å². The van der Waals surface area contributed by atoms with Crippen LogP contribution >= 0.6 is 0 Å². The van der Waals surface area contributed by atoms with E-state index in [0.29, 0.717) is 0 Å². The number of nitrogen functional groups attached to an aromatic ring is 1. The van der Waals surface area contributed by atoms with Gasteiger partial charge in [-0.1, -0.05) is 0 Å². The lowest BCUT2D eigenvalue weighted by Crippen LogP contribution is -2.11. The standard InChI is InChI=1S/C7H7N3O3/c8-5-2-1-4(7(9)11)3-6(5)10(12)13/h1-3H,8H2,(H2,9,11). The molecule has 6 heteroatoms. The van der Waals surface area contributed by atoms with Gasteiger partial charge in [0.1, 0.15) is 5.69 Å². The Hall–Kier alpha value is -2.11. The molecule has 6 nitrogen and oxygen atoms in total. The highest BCUT2D eigenvalue weighted by atomic mass is 16.6. The molecule has 0 radical (unpaired) electrons. The van der Waals surface area contributed by atoms with Crippen LogP contribution in [0.1, 0.15) is 10.4 Å². The molecule has 0 fully saturated rings. The number of primary amides is 1. The number of hydrogen-bond acceptors (Lipinski definition) is 4. The van der Waals surface area contributed by atoms with Gasteiger partial charge in [0, 0.05) is 11.6 Å². The number of hydrogen-bond donors (Lipinski definition) is 2. The van der Waals surface area contributed by atoms with Crippen molar-refractivity contribution in [3.63, 3.8) is 0 Å². The summed E-state index contributed by atoms with van der Waals surface area (Å²) in [4.78, 5) is 20.4. The number of amides is 1. The van der Waals surface area contributed by atoms with Gasteiger partial charge in [-0.2, -0.15) is 0 Å². The van der Waals surface area contributed by atoms with Crippen molar-refractivity contribution in [1.82, 2.24) is 0 Å². The van der Waals surface area contributed by atoms with E-state index >= 15 is 0 Å². The van der Waals surface area contributed by atoms with Crippen LogP contribution in [0.15, 0.2) is 18.2 Å². The number of nitro benzene ring substituents is 1. The average molecular weight is 181 g/mol. The Labute approximate surface area is 73.3 Å². The van der Waals surface area contributed by atoms with Crippen LogP contribution in [0.25, 0.3) is 0 Å². The average Bonchev–Trinajstić information content (AvgIpc) is 2.04. The van der Waals surface area contributed by atoms with Gasteiger partial charge in [0.15, 0.2) is 0 Å². The first-order chi connectivity index (χ1) is 6.02. The molecule has 1 aromatic rings. The lowest BCUT2D eigenvalue weighted by atomic mass is 10.1. The van der Waals surface area contributed by atoms with E-state index in [1.54, 1.807) is 0 Å². The molecule has 1 rings (SSSR count). The molecule has 0 aliphatic carbocycles. The van der Waals surface area contributed by atoms with E-state index < -0.39 is 10.8 Å². The van der Waals surface area contributed by atoms with Gasteiger partial charge < -0.3 is 11.5 Å². The minimum absolute atomic E-state index is 0.00926. The molecular weight excluding hydrogens is 174 g/mol. The molecule has 1 amide bonds. The molecule has 0 atom stereocenters. The largest absolute Gasteiger partial charge is 0.393 e. The number of anilines is 1. The molecule has 0 bridgehead atoms. The molecule has 0 saturated heterocycles. The quantitative estimate of drug-likeness (QED) is 0.387. The van der Waals surface area contributed by atoms with Gasteiger partial charge in [-0.15, -0.1) is 0 Å². The second-order valence-corrected chi connectivity index (χ2v) is 2.39. The Balaban J connectivity index is 3.27. The third-order valence-corrected chi connectivity index (χ3v) is 1.51. The van der Waals surface area contributed by atoms with Crippen LogP contribution in [0, 0.1) is 10.1 Å². The van der Waals surface area contributed by atoms with E-state index in [9.17, 15) is 14.9 Å². The normalized spacial score (nSPS) is 9.54. The summed E-state index contributed by atoms with van der Waals surface area (Å²) in [6.45, 7) is 0. The molecule has 4 N–H and O–H groups in total. The topological polar surface area (TPSA) is 112 Å². The first kappa shape index (κ1) is 8.98. The molecule has 0 spiro atoms.